The van der Waals surface area contributed by atoms with Crippen molar-refractivity contribution < 1.29 is 0 Å². The molecule has 19 heavy (non-hydrogen) atoms. The van der Waals surface area contributed by atoms with Gasteiger partial charge in [0.2, 0.25) is 0 Å². The predicted octanol–water partition coefficient (Wildman–Crippen LogP) is 3.97. The summed E-state index contributed by atoms with van der Waals surface area (Å²) in [5.74, 6) is 0. The molecule has 1 unspecified atom stereocenters. The van der Waals surface area contributed by atoms with Crippen molar-refractivity contribution >= 4 is 22.6 Å². The van der Waals surface area contributed by atoms with Gasteiger partial charge in [0, 0.05) is 27.9 Å². The number of nitrogens with one attached hydrogen (secondary N) is 1. The summed E-state index contributed by atoms with van der Waals surface area (Å²) in [6.07, 6.45) is 3.94. The molecule has 1 N–H and O–H groups in total. The summed E-state index contributed by atoms with van der Waals surface area (Å²) in [5.41, 5.74) is 2.47. The second-order valence-electron chi connectivity index (χ2n) is 4.58. The van der Waals surface area contributed by atoms with Crippen LogP contribution in [0, 0.1) is 3.57 Å². The van der Waals surface area contributed by atoms with Gasteiger partial charge in [-0.05, 0) is 65.4 Å². The van der Waals surface area contributed by atoms with E-state index in [9.17, 15) is 0 Å². The Morgan fingerprint density at radius 3 is 2.58 bits per heavy atom. The van der Waals surface area contributed by atoms with E-state index >= 15 is 0 Å². The van der Waals surface area contributed by atoms with Crippen molar-refractivity contribution in [2.24, 2.45) is 0 Å². The highest BCUT2D eigenvalue weighted by molar-refractivity contribution is 14.1. The van der Waals surface area contributed by atoms with Gasteiger partial charge in [-0.3, -0.25) is 4.98 Å². The fraction of sp³-hybridized carbons (Fsp3) is 0.312. The van der Waals surface area contributed by atoms with E-state index in [0.29, 0.717) is 6.04 Å². The van der Waals surface area contributed by atoms with Gasteiger partial charge >= 0.3 is 0 Å². The molecule has 0 saturated carbocycles. The zero-order valence-electron chi connectivity index (χ0n) is 11.1. The van der Waals surface area contributed by atoms with Crippen LogP contribution >= 0.6 is 22.6 Å². The van der Waals surface area contributed by atoms with E-state index in [0.717, 1.165) is 25.1 Å². The summed E-state index contributed by atoms with van der Waals surface area (Å²) in [4.78, 5) is 4.43. The molecule has 100 valence electrons. The summed E-state index contributed by atoms with van der Waals surface area (Å²) in [5, 5.41) is 3.61. The van der Waals surface area contributed by atoms with Crippen molar-refractivity contribution in [1.82, 2.24) is 10.3 Å². The Morgan fingerprint density at radius 2 is 1.95 bits per heavy atom. The van der Waals surface area contributed by atoms with E-state index in [2.05, 4.69) is 70.1 Å². The first-order valence-electron chi connectivity index (χ1n) is 6.68. The molecule has 0 saturated heterocycles. The van der Waals surface area contributed by atoms with Crippen LogP contribution < -0.4 is 5.32 Å². The Kier molecular flexibility index (Phi) is 5.79. The molecule has 1 aromatic carbocycles. The monoisotopic (exact) mass is 366 g/mol. The molecule has 1 heterocycles. The normalized spacial score (nSPS) is 12.3. The molecule has 2 nitrogen and oxygen atoms in total. The minimum Gasteiger partial charge on any atom is -0.310 e. The summed E-state index contributed by atoms with van der Waals surface area (Å²) >= 11 is 2.34. The Labute approximate surface area is 128 Å². The number of halogens is 1. The van der Waals surface area contributed by atoms with Crippen LogP contribution in [0.3, 0.4) is 0 Å². The fourth-order valence-electron chi connectivity index (χ4n) is 2.05. The van der Waals surface area contributed by atoms with Crippen molar-refractivity contribution in [3.05, 3.63) is 63.5 Å². The third-order valence-electron chi connectivity index (χ3n) is 3.05. The maximum Gasteiger partial charge on any atom is 0.0422 e. The van der Waals surface area contributed by atoms with Crippen LogP contribution in [0.15, 0.2) is 48.7 Å². The standard InChI is InChI=1S/C16H19IN2/c1-2-10-19-16(12-15-5-3-4-11-18-15)13-6-8-14(17)9-7-13/h3-9,11,16,19H,2,10,12H2,1H3. The van der Waals surface area contributed by atoms with Gasteiger partial charge in [0.15, 0.2) is 0 Å². The molecular weight excluding hydrogens is 347 g/mol. The third-order valence-corrected chi connectivity index (χ3v) is 3.77. The highest BCUT2D eigenvalue weighted by Crippen LogP contribution is 2.19. The summed E-state index contributed by atoms with van der Waals surface area (Å²) in [6, 6.07) is 15.2. The molecular formula is C16H19IN2. The molecule has 0 spiro atoms. The quantitative estimate of drug-likeness (QED) is 0.783. The van der Waals surface area contributed by atoms with Crippen molar-refractivity contribution in [3.63, 3.8) is 0 Å². The molecule has 0 aliphatic rings. The largest absolute Gasteiger partial charge is 0.310 e. The van der Waals surface area contributed by atoms with Crippen LogP contribution in [-0.4, -0.2) is 11.5 Å². The van der Waals surface area contributed by atoms with E-state index in [1.54, 1.807) is 0 Å². The third kappa shape index (κ3) is 4.58. The topological polar surface area (TPSA) is 24.9 Å². The van der Waals surface area contributed by atoms with Crippen LogP contribution in [0.5, 0.6) is 0 Å². The number of aromatic nitrogens is 1. The second kappa shape index (κ2) is 7.60. The lowest BCUT2D eigenvalue weighted by Crippen LogP contribution is -2.24. The van der Waals surface area contributed by atoms with Gasteiger partial charge in [0.05, 0.1) is 0 Å². The highest BCUT2D eigenvalue weighted by atomic mass is 127. The molecule has 3 heteroatoms. The van der Waals surface area contributed by atoms with E-state index in [4.69, 9.17) is 0 Å². The zero-order valence-corrected chi connectivity index (χ0v) is 13.3. The predicted molar refractivity (Wildman–Crippen MR) is 88.1 cm³/mol. The fourth-order valence-corrected chi connectivity index (χ4v) is 2.41. The first-order chi connectivity index (χ1) is 9.29. The zero-order chi connectivity index (χ0) is 13.5. The SMILES string of the molecule is CCCNC(Cc1ccccn1)c1ccc(I)cc1. The number of hydrogen-bond donors (Lipinski definition) is 1. The van der Waals surface area contributed by atoms with E-state index < -0.39 is 0 Å². The molecule has 0 bridgehead atoms. The number of benzene rings is 1. The number of hydrogen-bond acceptors (Lipinski definition) is 2. The van der Waals surface area contributed by atoms with Crippen LogP contribution in [0.25, 0.3) is 0 Å². The van der Waals surface area contributed by atoms with Gasteiger partial charge in [-0.1, -0.05) is 25.1 Å². The first-order valence-corrected chi connectivity index (χ1v) is 7.76. The Bertz CT molecular complexity index is 482. The van der Waals surface area contributed by atoms with Crippen molar-refractivity contribution in [2.45, 2.75) is 25.8 Å². The molecule has 0 aliphatic heterocycles. The molecule has 1 aromatic heterocycles. The summed E-state index contributed by atoms with van der Waals surface area (Å²) in [6.45, 7) is 3.22. The lowest BCUT2D eigenvalue weighted by molar-refractivity contribution is 0.524. The van der Waals surface area contributed by atoms with Crippen molar-refractivity contribution in [3.8, 4) is 0 Å². The smallest absolute Gasteiger partial charge is 0.0422 e. The molecule has 0 amide bonds. The Hall–Kier alpha value is -0.940. The maximum atomic E-state index is 4.43. The minimum absolute atomic E-state index is 0.340. The number of rotatable bonds is 6. The molecule has 2 rings (SSSR count). The van der Waals surface area contributed by atoms with Crippen molar-refractivity contribution in [1.29, 1.82) is 0 Å². The van der Waals surface area contributed by atoms with Gasteiger partial charge in [0.25, 0.3) is 0 Å². The maximum absolute atomic E-state index is 4.43. The highest BCUT2D eigenvalue weighted by Gasteiger charge is 2.11. The van der Waals surface area contributed by atoms with E-state index in [1.165, 1.54) is 9.13 Å². The van der Waals surface area contributed by atoms with Gasteiger partial charge in [-0.2, -0.15) is 0 Å². The van der Waals surface area contributed by atoms with Crippen LogP contribution in [0.4, 0.5) is 0 Å². The van der Waals surface area contributed by atoms with Gasteiger partial charge in [0.1, 0.15) is 0 Å². The van der Waals surface area contributed by atoms with E-state index in [-0.39, 0.29) is 0 Å². The van der Waals surface area contributed by atoms with Crippen LogP contribution in [0.1, 0.15) is 30.6 Å². The van der Waals surface area contributed by atoms with Gasteiger partial charge < -0.3 is 5.32 Å². The van der Waals surface area contributed by atoms with Crippen LogP contribution in [-0.2, 0) is 6.42 Å². The number of nitrogens with zero attached hydrogens (tertiary/aromatic N) is 1. The lowest BCUT2D eigenvalue weighted by atomic mass is 10.0. The first kappa shape index (κ1) is 14.5. The summed E-state index contributed by atoms with van der Waals surface area (Å²) < 4.78 is 1.27. The molecule has 2 aromatic rings. The Balaban J connectivity index is 2.13. The minimum atomic E-state index is 0.340. The average Bonchev–Trinajstić information content (AvgIpc) is 2.45. The van der Waals surface area contributed by atoms with Gasteiger partial charge in [-0.25, -0.2) is 0 Å². The van der Waals surface area contributed by atoms with E-state index in [1.807, 2.05) is 18.3 Å². The molecule has 0 aliphatic carbocycles. The molecule has 0 fully saturated rings. The van der Waals surface area contributed by atoms with Gasteiger partial charge in [-0.15, -0.1) is 0 Å². The lowest BCUT2D eigenvalue weighted by Gasteiger charge is -2.18. The molecule has 1 atom stereocenters. The summed E-state index contributed by atoms with van der Waals surface area (Å²) in [7, 11) is 0. The molecule has 0 radical (unpaired) electrons. The number of pyridine rings is 1. The van der Waals surface area contributed by atoms with Crippen molar-refractivity contribution in [2.75, 3.05) is 6.54 Å². The van der Waals surface area contributed by atoms with Crippen LogP contribution in [0.2, 0.25) is 0 Å². The average molecular weight is 366 g/mol. The Morgan fingerprint density at radius 1 is 1.16 bits per heavy atom. The second-order valence-corrected chi connectivity index (χ2v) is 5.83.